The Bertz CT molecular complexity index is 1610. The minimum Gasteiger partial charge on any atom is -0.355 e. The third kappa shape index (κ3) is 8.64. The van der Waals surface area contributed by atoms with Gasteiger partial charge in [-0.2, -0.15) is 21.6 Å². The van der Waals surface area contributed by atoms with Crippen LogP contribution in [0.2, 0.25) is 0 Å². The van der Waals surface area contributed by atoms with Gasteiger partial charge in [-0.3, -0.25) is 14.6 Å². The van der Waals surface area contributed by atoms with Crippen LogP contribution in [0.1, 0.15) is 42.7 Å². The predicted molar refractivity (Wildman–Crippen MR) is 163 cm³/mol. The second-order valence-electron chi connectivity index (χ2n) is 10.7. The van der Waals surface area contributed by atoms with Crippen LogP contribution < -0.4 is 4.18 Å². The monoisotopic (exact) mass is 627 g/mol. The van der Waals surface area contributed by atoms with Crippen LogP contribution in [0.3, 0.4) is 0 Å². The topological polar surface area (TPSA) is 79.8 Å². The summed E-state index contributed by atoms with van der Waals surface area (Å²) in [6.07, 6.45) is 6.12. The van der Waals surface area contributed by atoms with Crippen LogP contribution in [0.4, 0.5) is 13.2 Å². The van der Waals surface area contributed by atoms with Crippen molar-refractivity contribution in [3.8, 4) is 5.88 Å². The first-order chi connectivity index (χ1) is 20.6. The lowest BCUT2D eigenvalue weighted by atomic mass is 9.91. The van der Waals surface area contributed by atoms with Crippen LogP contribution in [0.5, 0.6) is 5.88 Å². The van der Waals surface area contributed by atoms with Crippen molar-refractivity contribution in [2.45, 2.75) is 51.8 Å². The molecule has 2 aliphatic heterocycles. The van der Waals surface area contributed by atoms with E-state index < -0.39 is 21.5 Å². The van der Waals surface area contributed by atoms with Crippen molar-refractivity contribution in [2.24, 2.45) is 0 Å². The highest BCUT2D eigenvalue weighted by Crippen LogP contribution is 2.28. The number of hydrogen-bond donors (Lipinski definition) is 0. The number of carbonyl (C=O) groups excluding carboxylic acids is 1. The van der Waals surface area contributed by atoms with Crippen LogP contribution in [0, 0.1) is 0 Å². The zero-order valence-corrected chi connectivity index (χ0v) is 24.3. The summed E-state index contributed by atoms with van der Waals surface area (Å²) in [5.74, 6) is -0.326. The van der Waals surface area contributed by atoms with Gasteiger partial charge in [-0.1, -0.05) is 80.2 Å². The number of rotatable bonds is 6. The molecule has 6 rings (SSSR count). The quantitative estimate of drug-likeness (QED) is 0.237. The highest BCUT2D eigenvalue weighted by molar-refractivity contribution is 7.87. The summed E-state index contributed by atoms with van der Waals surface area (Å²) in [7, 11) is -5.72. The first-order valence-electron chi connectivity index (χ1n) is 14.0. The highest BCUT2D eigenvalue weighted by Gasteiger charge is 2.49. The molecule has 44 heavy (non-hydrogen) atoms. The van der Waals surface area contributed by atoms with Gasteiger partial charge in [0.05, 0.1) is 5.69 Å². The molecule has 3 aliphatic rings. The van der Waals surface area contributed by atoms with Crippen molar-refractivity contribution in [2.75, 3.05) is 19.6 Å². The molecule has 2 aromatic carbocycles. The van der Waals surface area contributed by atoms with Crippen molar-refractivity contribution in [3.63, 3.8) is 0 Å². The Kier molecular flexibility index (Phi) is 10.8. The average molecular weight is 628 g/mol. The molecular formula is C33H36F3N3O4S. The number of benzene rings is 2. The fourth-order valence-corrected chi connectivity index (χ4v) is 5.75. The number of alkyl halides is 3. The van der Waals surface area contributed by atoms with E-state index in [4.69, 9.17) is 0 Å². The predicted octanol–water partition coefficient (Wildman–Crippen LogP) is 6.22. The van der Waals surface area contributed by atoms with Crippen molar-refractivity contribution < 1.29 is 30.6 Å². The fourth-order valence-electron chi connectivity index (χ4n) is 5.34. The van der Waals surface area contributed by atoms with Crippen molar-refractivity contribution in [3.05, 3.63) is 118 Å². The second kappa shape index (κ2) is 14.3. The number of nitrogens with zero attached hydrogens (tertiary/aromatic N) is 3. The van der Waals surface area contributed by atoms with Gasteiger partial charge < -0.3 is 4.18 Å². The Balaban J connectivity index is 0.000000206. The smallest absolute Gasteiger partial charge is 0.355 e. The molecular weight excluding hydrogens is 591 g/mol. The van der Waals surface area contributed by atoms with Crippen LogP contribution in [-0.2, 0) is 41.0 Å². The summed E-state index contributed by atoms with van der Waals surface area (Å²) >= 11 is 0. The maximum Gasteiger partial charge on any atom is 0.534 e. The molecule has 0 unspecified atom stereocenters. The van der Waals surface area contributed by atoms with E-state index in [9.17, 15) is 26.4 Å². The highest BCUT2D eigenvalue weighted by atomic mass is 32.2. The molecule has 1 aliphatic carbocycles. The minimum atomic E-state index is -5.72. The third-order valence-corrected chi connectivity index (χ3v) is 8.47. The molecule has 0 fully saturated rings. The summed E-state index contributed by atoms with van der Waals surface area (Å²) in [5.41, 5.74) is 1.09. The number of carbonyl (C=O) groups is 1. The maximum absolute atomic E-state index is 12.4. The molecule has 0 N–H and O–H groups in total. The van der Waals surface area contributed by atoms with Gasteiger partial charge in [-0.05, 0) is 46.8 Å². The summed E-state index contributed by atoms with van der Waals surface area (Å²) in [6, 6.07) is 23.0. The SMILES string of the molecule is C.O=C1C=CC2=C(C1)CN(Cc1ccccc1)CC2.O=S(=O)(Oc1ccc2c(n1)CN(Cc1ccccc1)CC2)C(F)(F)F. The van der Waals surface area contributed by atoms with Crippen molar-refractivity contribution in [1.29, 1.82) is 0 Å². The molecule has 0 atom stereocenters. The summed E-state index contributed by atoms with van der Waals surface area (Å²) in [4.78, 5) is 19.9. The van der Waals surface area contributed by atoms with E-state index in [1.54, 1.807) is 12.1 Å². The number of aromatic nitrogens is 1. The number of fused-ring (bicyclic) bond motifs is 1. The number of hydrogen-bond acceptors (Lipinski definition) is 7. The maximum atomic E-state index is 12.4. The number of allylic oxidation sites excluding steroid dienone is 2. The third-order valence-electron chi connectivity index (χ3n) is 7.51. The first kappa shape index (κ1) is 33.1. The van der Waals surface area contributed by atoms with E-state index in [2.05, 4.69) is 43.2 Å². The van der Waals surface area contributed by atoms with E-state index >= 15 is 0 Å². The first-order valence-corrected chi connectivity index (χ1v) is 15.4. The molecule has 7 nitrogen and oxygen atoms in total. The zero-order chi connectivity index (χ0) is 30.5. The molecule has 0 spiro atoms. The van der Waals surface area contributed by atoms with Gasteiger partial charge in [-0.25, -0.2) is 4.98 Å². The van der Waals surface area contributed by atoms with Gasteiger partial charge in [0.2, 0.25) is 5.88 Å². The Morgan fingerprint density at radius 3 is 2.00 bits per heavy atom. The molecule has 0 amide bonds. The standard InChI is InChI=1S/C16H15F3N2O3S.C16H17NO.CH4/c17-16(18,19)25(22,23)24-15-7-6-13-8-9-21(11-14(13)20-15)10-12-4-2-1-3-5-12;18-16-7-6-14-8-9-17(12-15(14)10-16)11-13-4-2-1-3-5-13;/h1-7H,8-11H2;1-7H,8-12H2;1H4. The Morgan fingerprint density at radius 2 is 1.39 bits per heavy atom. The summed E-state index contributed by atoms with van der Waals surface area (Å²) in [5, 5.41) is 0. The molecule has 234 valence electrons. The van der Waals surface area contributed by atoms with Gasteiger partial charge >= 0.3 is 15.6 Å². The van der Waals surface area contributed by atoms with Crippen molar-refractivity contribution in [1.82, 2.24) is 14.8 Å². The van der Waals surface area contributed by atoms with Gasteiger partial charge in [0.25, 0.3) is 0 Å². The van der Waals surface area contributed by atoms with Gasteiger partial charge in [0.15, 0.2) is 5.78 Å². The van der Waals surface area contributed by atoms with E-state index in [1.807, 2.05) is 42.5 Å². The molecule has 0 bridgehead atoms. The summed E-state index contributed by atoms with van der Waals surface area (Å²) < 4.78 is 63.5. The van der Waals surface area contributed by atoms with Gasteiger partial charge in [0, 0.05) is 51.8 Å². The lowest BCUT2D eigenvalue weighted by Crippen LogP contribution is -2.32. The van der Waals surface area contributed by atoms with Gasteiger partial charge in [-0.15, -0.1) is 0 Å². The van der Waals surface area contributed by atoms with Crippen LogP contribution in [0.25, 0.3) is 0 Å². The molecule has 3 aromatic rings. The van der Waals surface area contributed by atoms with Crippen LogP contribution in [-0.4, -0.2) is 54.1 Å². The van der Waals surface area contributed by atoms with E-state index in [-0.39, 0.29) is 13.2 Å². The van der Waals surface area contributed by atoms with E-state index in [1.165, 1.54) is 16.7 Å². The number of pyridine rings is 1. The molecule has 0 saturated heterocycles. The lowest BCUT2D eigenvalue weighted by Gasteiger charge is -2.31. The molecule has 0 saturated carbocycles. The molecule has 1 aromatic heterocycles. The van der Waals surface area contributed by atoms with E-state index in [0.717, 1.165) is 49.8 Å². The zero-order valence-electron chi connectivity index (χ0n) is 23.5. The average Bonchev–Trinajstić information content (AvgIpc) is 2.97. The van der Waals surface area contributed by atoms with E-state index in [0.29, 0.717) is 31.6 Å². The molecule has 0 radical (unpaired) electrons. The molecule has 11 heteroatoms. The van der Waals surface area contributed by atoms with Crippen LogP contribution >= 0.6 is 0 Å². The van der Waals surface area contributed by atoms with Crippen molar-refractivity contribution >= 4 is 15.9 Å². The fraction of sp³-hybridized carbons (Fsp3) is 0.333. The Morgan fingerprint density at radius 1 is 0.795 bits per heavy atom. The minimum absolute atomic E-state index is 0. The number of ketones is 1. The number of halogens is 3. The largest absolute Gasteiger partial charge is 0.534 e. The molecule has 3 heterocycles. The Hall–Kier alpha value is -3.80. The summed E-state index contributed by atoms with van der Waals surface area (Å²) in [6.45, 7) is 4.88. The Labute approximate surface area is 256 Å². The lowest BCUT2D eigenvalue weighted by molar-refractivity contribution is -0.114. The van der Waals surface area contributed by atoms with Gasteiger partial charge in [0.1, 0.15) is 0 Å². The second-order valence-corrected chi connectivity index (χ2v) is 12.3. The van der Waals surface area contributed by atoms with Crippen LogP contribution in [0.15, 0.2) is 96.1 Å². The normalized spacial score (nSPS) is 17.1.